The summed E-state index contributed by atoms with van der Waals surface area (Å²) in [6.45, 7) is 2.07. The highest BCUT2D eigenvalue weighted by molar-refractivity contribution is 8.18. The number of nitrogens with zero attached hydrogens (tertiary/aromatic N) is 3. The summed E-state index contributed by atoms with van der Waals surface area (Å²) in [5.41, 5.74) is 1.86. The minimum Gasteiger partial charge on any atom is -0.462 e. The summed E-state index contributed by atoms with van der Waals surface area (Å²) >= 11 is 1.28. The molecule has 1 amide bonds. The first-order valence-corrected chi connectivity index (χ1v) is 8.83. The summed E-state index contributed by atoms with van der Waals surface area (Å²) in [7, 11) is 1.67. The molecule has 0 spiro atoms. The molecule has 6 nitrogen and oxygen atoms in total. The third kappa shape index (κ3) is 4.00. The average molecular weight is 367 g/mol. The number of amides is 1. The summed E-state index contributed by atoms with van der Waals surface area (Å²) in [5, 5.41) is 0.547. The highest BCUT2D eigenvalue weighted by atomic mass is 32.2. The molecule has 0 saturated carbocycles. The van der Waals surface area contributed by atoms with E-state index in [0.717, 1.165) is 5.56 Å². The molecular weight excluding hydrogens is 350 g/mol. The lowest BCUT2D eigenvalue weighted by Gasteiger charge is -2.07. The highest BCUT2D eigenvalue weighted by Gasteiger charge is 2.30. The number of ether oxygens (including phenoxy) is 1. The van der Waals surface area contributed by atoms with E-state index >= 15 is 0 Å². The number of esters is 1. The number of amidine groups is 1. The molecule has 1 saturated heterocycles. The zero-order valence-electron chi connectivity index (χ0n) is 14.4. The minimum atomic E-state index is -0.393. The number of aromatic nitrogens is 1. The second-order valence-electron chi connectivity index (χ2n) is 5.43. The molecule has 0 bridgehead atoms. The molecule has 26 heavy (non-hydrogen) atoms. The van der Waals surface area contributed by atoms with E-state index in [1.54, 1.807) is 56.7 Å². The van der Waals surface area contributed by atoms with Crippen LogP contribution in [-0.2, 0) is 9.53 Å². The molecule has 0 aliphatic carbocycles. The first-order chi connectivity index (χ1) is 12.6. The van der Waals surface area contributed by atoms with Gasteiger partial charge in [0.2, 0.25) is 0 Å². The Balaban J connectivity index is 1.86. The summed E-state index contributed by atoms with van der Waals surface area (Å²) in [6, 6.07) is 10.5. The number of rotatable bonds is 4. The molecule has 0 radical (unpaired) electrons. The maximum absolute atomic E-state index is 12.4. The zero-order chi connectivity index (χ0) is 18.5. The third-order valence-corrected chi connectivity index (χ3v) is 4.63. The van der Waals surface area contributed by atoms with Crippen LogP contribution in [0.4, 0.5) is 5.69 Å². The molecular formula is C19H17N3O3S. The molecule has 132 valence electrons. The Kier molecular flexibility index (Phi) is 5.48. The molecule has 0 unspecified atom stereocenters. The zero-order valence-corrected chi connectivity index (χ0v) is 15.2. The number of thioether (sulfide) groups is 1. The molecule has 7 heteroatoms. The van der Waals surface area contributed by atoms with Gasteiger partial charge in [-0.25, -0.2) is 9.79 Å². The lowest BCUT2D eigenvalue weighted by molar-refractivity contribution is -0.121. The topological polar surface area (TPSA) is 71.9 Å². The van der Waals surface area contributed by atoms with Crippen molar-refractivity contribution in [2.75, 3.05) is 13.7 Å². The molecule has 1 aromatic carbocycles. The van der Waals surface area contributed by atoms with E-state index in [1.807, 2.05) is 12.1 Å². The lowest BCUT2D eigenvalue weighted by Crippen LogP contribution is -2.23. The number of hydrogen-bond acceptors (Lipinski definition) is 6. The smallest absolute Gasteiger partial charge is 0.338 e. The molecule has 2 aromatic rings. The van der Waals surface area contributed by atoms with E-state index in [-0.39, 0.29) is 5.91 Å². The molecule has 1 fully saturated rings. The number of benzene rings is 1. The van der Waals surface area contributed by atoms with Crippen molar-refractivity contribution >= 4 is 40.6 Å². The Hall–Kier alpha value is -2.93. The van der Waals surface area contributed by atoms with E-state index in [9.17, 15) is 9.59 Å². The van der Waals surface area contributed by atoms with Crippen LogP contribution in [0, 0.1) is 0 Å². The van der Waals surface area contributed by atoms with E-state index in [0.29, 0.717) is 27.9 Å². The average Bonchev–Trinajstić information content (AvgIpc) is 2.91. The number of carbonyl (C=O) groups excluding carboxylic acids is 2. The van der Waals surface area contributed by atoms with Gasteiger partial charge in [-0.15, -0.1) is 0 Å². The molecule has 1 aromatic heterocycles. The van der Waals surface area contributed by atoms with Gasteiger partial charge in [0, 0.05) is 19.4 Å². The Morgan fingerprint density at radius 2 is 2.19 bits per heavy atom. The van der Waals surface area contributed by atoms with Crippen LogP contribution in [-0.4, -0.2) is 40.6 Å². The Labute approximate surface area is 155 Å². The summed E-state index contributed by atoms with van der Waals surface area (Å²) in [6.07, 6.45) is 5.16. The SMILES string of the molecule is CCOC(=O)c1cccc(N=C2SC(=Cc3cccnc3)C(=O)N2C)c1. The predicted molar refractivity (Wildman–Crippen MR) is 102 cm³/mol. The van der Waals surface area contributed by atoms with Crippen LogP contribution < -0.4 is 0 Å². The van der Waals surface area contributed by atoms with E-state index in [1.165, 1.54) is 16.7 Å². The fourth-order valence-corrected chi connectivity index (χ4v) is 3.28. The summed E-state index contributed by atoms with van der Waals surface area (Å²) < 4.78 is 5.00. The maximum atomic E-state index is 12.4. The van der Waals surface area contributed by atoms with Gasteiger partial charge in [-0.05, 0) is 54.6 Å². The predicted octanol–water partition coefficient (Wildman–Crippen LogP) is 3.49. The van der Waals surface area contributed by atoms with E-state index in [2.05, 4.69) is 9.98 Å². The van der Waals surface area contributed by atoms with Crippen molar-refractivity contribution in [2.24, 2.45) is 4.99 Å². The van der Waals surface area contributed by atoms with Crippen molar-refractivity contribution in [3.05, 3.63) is 64.8 Å². The van der Waals surface area contributed by atoms with Crippen LogP contribution in [0.2, 0.25) is 0 Å². The van der Waals surface area contributed by atoms with E-state index < -0.39 is 5.97 Å². The normalized spacial score (nSPS) is 17.2. The van der Waals surface area contributed by atoms with Crippen LogP contribution in [0.25, 0.3) is 6.08 Å². The van der Waals surface area contributed by atoms with Crippen molar-refractivity contribution in [2.45, 2.75) is 6.92 Å². The van der Waals surface area contributed by atoms with Crippen LogP contribution in [0.1, 0.15) is 22.8 Å². The van der Waals surface area contributed by atoms with Gasteiger partial charge in [0.1, 0.15) is 0 Å². The largest absolute Gasteiger partial charge is 0.462 e. The molecule has 3 rings (SSSR count). The highest BCUT2D eigenvalue weighted by Crippen LogP contribution is 2.33. The Bertz CT molecular complexity index is 894. The van der Waals surface area contributed by atoms with Crippen molar-refractivity contribution < 1.29 is 14.3 Å². The number of carbonyl (C=O) groups is 2. The quantitative estimate of drug-likeness (QED) is 0.611. The molecule has 0 atom stereocenters. The van der Waals surface area contributed by atoms with Gasteiger partial charge >= 0.3 is 5.97 Å². The second-order valence-corrected chi connectivity index (χ2v) is 6.44. The summed E-state index contributed by atoms with van der Waals surface area (Å²) in [4.78, 5) is 34.9. The fourth-order valence-electron chi connectivity index (χ4n) is 2.29. The first-order valence-electron chi connectivity index (χ1n) is 8.02. The molecule has 0 N–H and O–H groups in total. The maximum Gasteiger partial charge on any atom is 0.338 e. The van der Waals surface area contributed by atoms with Crippen molar-refractivity contribution in [1.82, 2.24) is 9.88 Å². The lowest BCUT2D eigenvalue weighted by atomic mass is 10.2. The Morgan fingerprint density at radius 3 is 2.92 bits per heavy atom. The van der Waals surface area contributed by atoms with Gasteiger partial charge in [0.05, 0.1) is 22.8 Å². The first kappa shape index (κ1) is 17.9. The number of likely N-dealkylation sites (N-methyl/N-ethyl adjacent to an activating group) is 1. The van der Waals surface area contributed by atoms with Gasteiger partial charge in [0.15, 0.2) is 5.17 Å². The van der Waals surface area contributed by atoms with Crippen molar-refractivity contribution in [3.8, 4) is 0 Å². The van der Waals surface area contributed by atoms with Crippen LogP contribution >= 0.6 is 11.8 Å². The van der Waals surface area contributed by atoms with Gasteiger partial charge in [-0.3, -0.25) is 14.7 Å². The van der Waals surface area contributed by atoms with Crippen molar-refractivity contribution in [1.29, 1.82) is 0 Å². The number of aliphatic imine (C=N–C) groups is 1. The standard InChI is InChI=1S/C19H17N3O3S/c1-3-25-18(24)14-7-4-8-15(11-14)21-19-22(2)17(23)16(26-19)10-13-6-5-9-20-12-13/h4-12H,3H2,1-2H3. The second kappa shape index (κ2) is 7.97. The van der Waals surface area contributed by atoms with Gasteiger partial charge < -0.3 is 4.74 Å². The molecule has 1 aliphatic rings. The fraction of sp³-hybridized carbons (Fsp3) is 0.158. The van der Waals surface area contributed by atoms with Crippen LogP contribution in [0.3, 0.4) is 0 Å². The van der Waals surface area contributed by atoms with E-state index in [4.69, 9.17) is 4.74 Å². The van der Waals surface area contributed by atoms with Gasteiger partial charge in [0.25, 0.3) is 5.91 Å². The number of pyridine rings is 1. The van der Waals surface area contributed by atoms with Crippen LogP contribution in [0.5, 0.6) is 0 Å². The minimum absolute atomic E-state index is 0.126. The Morgan fingerprint density at radius 1 is 1.35 bits per heavy atom. The number of hydrogen-bond donors (Lipinski definition) is 0. The molecule has 1 aliphatic heterocycles. The van der Waals surface area contributed by atoms with Gasteiger partial charge in [-0.2, -0.15) is 0 Å². The molecule has 2 heterocycles. The summed E-state index contributed by atoms with van der Waals surface area (Å²) in [5.74, 6) is -0.519. The van der Waals surface area contributed by atoms with Gasteiger partial charge in [-0.1, -0.05) is 12.1 Å². The monoisotopic (exact) mass is 367 g/mol. The third-order valence-electron chi connectivity index (χ3n) is 3.57. The van der Waals surface area contributed by atoms with Crippen LogP contribution in [0.15, 0.2) is 58.7 Å². The van der Waals surface area contributed by atoms with Crippen molar-refractivity contribution in [3.63, 3.8) is 0 Å².